The second-order valence-electron chi connectivity index (χ2n) is 4.18. The van der Waals surface area contributed by atoms with Gasteiger partial charge in [0.2, 0.25) is 10.0 Å². The first-order valence-corrected chi connectivity index (χ1v) is 8.60. The highest BCUT2D eigenvalue weighted by molar-refractivity contribution is 7.99. The third-order valence-corrected chi connectivity index (χ3v) is 5.22. The first-order valence-electron chi connectivity index (χ1n) is 5.83. The van der Waals surface area contributed by atoms with Gasteiger partial charge in [0.1, 0.15) is 5.82 Å². The zero-order valence-electron chi connectivity index (χ0n) is 11.1. The normalized spacial score (nSPS) is 13.2. The second kappa shape index (κ2) is 7.05. The average Bonchev–Trinajstić information content (AvgIpc) is 2.38. The molecule has 5 nitrogen and oxygen atoms in total. The lowest BCUT2D eigenvalue weighted by atomic mass is 10.2. The summed E-state index contributed by atoms with van der Waals surface area (Å²) in [5.74, 6) is -2.47. The second-order valence-corrected chi connectivity index (χ2v) is 7.22. The Balaban J connectivity index is 2.88. The smallest absolute Gasteiger partial charge is 0.338 e. The molecule has 0 aliphatic rings. The van der Waals surface area contributed by atoms with E-state index >= 15 is 0 Å². The number of rotatable bonds is 7. The van der Waals surface area contributed by atoms with E-state index in [4.69, 9.17) is 5.11 Å². The van der Waals surface area contributed by atoms with E-state index in [1.54, 1.807) is 11.8 Å². The first-order chi connectivity index (χ1) is 9.27. The molecule has 0 aromatic heterocycles. The van der Waals surface area contributed by atoms with Gasteiger partial charge in [-0.2, -0.15) is 11.8 Å². The number of aromatic carboxylic acids is 1. The Hall–Kier alpha value is -1.12. The van der Waals surface area contributed by atoms with Crippen LogP contribution in [0.5, 0.6) is 0 Å². The maximum absolute atomic E-state index is 13.2. The third kappa shape index (κ3) is 4.46. The van der Waals surface area contributed by atoms with Crippen LogP contribution in [0, 0.1) is 5.82 Å². The fourth-order valence-corrected chi connectivity index (χ4v) is 2.86. The van der Waals surface area contributed by atoms with Crippen molar-refractivity contribution in [3.05, 3.63) is 29.6 Å². The number of halogens is 1. The van der Waals surface area contributed by atoms with Gasteiger partial charge in [-0.25, -0.2) is 22.3 Å². The molecule has 0 saturated heterocycles. The fraction of sp³-hybridized carbons (Fsp3) is 0.417. The first kappa shape index (κ1) is 16.9. The van der Waals surface area contributed by atoms with Gasteiger partial charge in [-0.05, 0) is 30.9 Å². The van der Waals surface area contributed by atoms with E-state index in [1.165, 1.54) is 0 Å². The number of carbonyl (C=O) groups is 1. The summed E-state index contributed by atoms with van der Waals surface area (Å²) in [6.45, 7) is 2.21. The zero-order chi connectivity index (χ0) is 15.3. The highest BCUT2D eigenvalue weighted by atomic mass is 32.2. The molecule has 112 valence electrons. The molecule has 8 heteroatoms. The molecule has 20 heavy (non-hydrogen) atoms. The van der Waals surface area contributed by atoms with Crippen LogP contribution in [0.4, 0.5) is 4.39 Å². The fourth-order valence-electron chi connectivity index (χ4n) is 1.43. The van der Waals surface area contributed by atoms with Crippen molar-refractivity contribution in [3.63, 3.8) is 0 Å². The third-order valence-electron chi connectivity index (χ3n) is 2.72. The van der Waals surface area contributed by atoms with Crippen LogP contribution in [-0.2, 0) is 10.0 Å². The summed E-state index contributed by atoms with van der Waals surface area (Å²) in [7, 11) is -3.83. The maximum atomic E-state index is 13.2. The van der Waals surface area contributed by atoms with Crippen LogP contribution >= 0.6 is 11.8 Å². The van der Waals surface area contributed by atoms with E-state index in [1.807, 2.05) is 13.2 Å². The molecule has 0 amide bonds. The molecule has 0 fully saturated rings. The number of sulfonamides is 1. The van der Waals surface area contributed by atoms with Gasteiger partial charge in [-0.3, -0.25) is 0 Å². The minimum Gasteiger partial charge on any atom is -0.478 e. The number of carboxylic acids is 1. The summed E-state index contributed by atoms with van der Waals surface area (Å²) in [5, 5.41) is 9.08. The van der Waals surface area contributed by atoms with Gasteiger partial charge < -0.3 is 5.11 Å². The van der Waals surface area contributed by atoms with Crippen LogP contribution < -0.4 is 4.72 Å². The molecule has 0 aliphatic carbocycles. The summed E-state index contributed by atoms with van der Waals surface area (Å²) in [6.07, 6.45) is 2.58. The molecule has 2 N–H and O–H groups in total. The summed E-state index contributed by atoms with van der Waals surface area (Å²) < 4.78 is 39.5. The predicted octanol–water partition coefficient (Wildman–Crippen LogP) is 1.94. The van der Waals surface area contributed by atoms with Crippen LogP contribution in [0.25, 0.3) is 0 Å². The highest BCUT2D eigenvalue weighted by Gasteiger charge is 2.18. The van der Waals surface area contributed by atoms with Crippen LogP contribution in [-0.4, -0.2) is 37.5 Å². The van der Waals surface area contributed by atoms with Crippen LogP contribution in [0.15, 0.2) is 23.1 Å². The quantitative estimate of drug-likeness (QED) is 0.802. The summed E-state index contributed by atoms with van der Waals surface area (Å²) >= 11 is 1.62. The largest absolute Gasteiger partial charge is 0.478 e. The molecule has 1 unspecified atom stereocenters. The van der Waals surface area contributed by atoms with E-state index in [0.29, 0.717) is 11.7 Å². The Labute approximate surface area is 121 Å². The minimum atomic E-state index is -3.83. The zero-order valence-corrected chi connectivity index (χ0v) is 12.7. The van der Waals surface area contributed by atoms with Crippen molar-refractivity contribution in [2.75, 3.05) is 12.8 Å². The highest BCUT2D eigenvalue weighted by Crippen LogP contribution is 2.15. The lowest BCUT2D eigenvalue weighted by Gasteiger charge is -2.10. The molecular weight excluding hydrogens is 305 g/mol. The number of hydrogen-bond donors (Lipinski definition) is 2. The van der Waals surface area contributed by atoms with Crippen molar-refractivity contribution < 1.29 is 22.7 Å². The number of carboxylic acid groups (broad SMARTS) is 1. The Morgan fingerprint density at radius 1 is 1.50 bits per heavy atom. The minimum absolute atomic E-state index is 0.240. The molecule has 0 bridgehead atoms. The standard InChI is InChI=1S/C12H16FNO4S2/c1-8(19-2)5-6-14-20(17,18)9-3-4-11(13)10(7-9)12(15)16/h3-4,7-8,14H,5-6H2,1-2H3,(H,15,16). The van der Waals surface area contributed by atoms with Gasteiger partial charge in [0, 0.05) is 11.8 Å². The Morgan fingerprint density at radius 2 is 2.15 bits per heavy atom. The van der Waals surface area contributed by atoms with Crippen molar-refractivity contribution in [1.82, 2.24) is 4.72 Å². The van der Waals surface area contributed by atoms with Crippen molar-refractivity contribution in [1.29, 1.82) is 0 Å². The average molecular weight is 321 g/mol. The molecule has 1 aromatic carbocycles. The molecule has 1 aromatic rings. The number of thioether (sulfide) groups is 1. The van der Waals surface area contributed by atoms with Crippen molar-refractivity contribution >= 4 is 27.8 Å². The maximum Gasteiger partial charge on any atom is 0.338 e. The summed E-state index contributed by atoms with van der Waals surface area (Å²) in [5.41, 5.74) is -0.662. The van der Waals surface area contributed by atoms with Gasteiger partial charge in [0.15, 0.2) is 0 Å². The molecule has 0 aliphatic heterocycles. The predicted molar refractivity (Wildman–Crippen MR) is 76.1 cm³/mol. The Morgan fingerprint density at radius 3 is 2.70 bits per heavy atom. The molecule has 0 radical (unpaired) electrons. The van der Waals surface area contributed by atoms with Crippen LogP contribution in [0.1, 0.15) is 23.7 Å². The van der Waals surface area contributed by atoms with Crippen molar-refractivity contribution in [2.24, 2.45) is 0 Å². The molecule has 1 rings (SSSR count). The number of benzene rings is 1. The van der Waals surface area contributed by atoms with E-state index in [-0.39, 0.29) is 11.4 Å². The number of hydrogen-bond acceptors (Lipinski definition) is 4. The molecular formula is C12H16FNO4S2. The van der Waals surface area contributed by atoms with Gasteiger partial charge in [-0.15, -0.1) is 0 Å². The van der Waals surface area contributed by atoms with E-state index in [0.717, 1.165) is 18.2 Å². The Kier molecular flexibility index (Phi) is 5.97. The van der Waals surface area contributed by atoms with Crippen molar-refractivity contribution in [2.45, 2.75) is 23.5 Å². The Bertz CT molecular complexity index is 589. The van der Waals surface area contributed by atoms with Gasteiger partial charge in [-0.1, -0.05) is 6.92 Å². The van der Waals surface area contributed by atoms with E-state index < -0.39 is 27.4 Å². The SMILES string of the molecule is CSC(C)CCNS(=O)(=O)c1ccc(F)c(C(=O)O)c1. The van der Waals surface area contributed by atoms with E-state index in [9.17, 15) is 17.6 Å². The lowest BCUT2D eigenvalue weighted by molar-refractivity contribution is 0.0691. The van der Waals surface area contributed by atoms with Crippen molar-refractivity contribution in [3.8, 4) is 0 Å². The van der Waals surface area contributed by atoms with Crippen LogP contribution in [0.3, 0.4) is 0 Å². The lowest BCUT2D eigenvalue weighted by Crippen LogP contribution is -2.26. The monoisotopic (exact) mass is 321 g/mol. The number of nitrogens with one attached hydrogen (secondary N) is 1. The molecule has 0 spiro atoms. The van der Waals surface area contributed by atoms with Gasteiger partial charge in [0.05, 0.1) is 10.5 Å². The topological polar surface area (TPSA) is 83.5 Å². The van der Waals surface area contributed by atoms with Gasteiger partial charge >= 0.3 is 5.97 Å². The molecule has 0 saturated carbocycles. The van der Waals surface area contributed by atoms with E-state index in [2.05, 4.69) is 4.72 Å². The molecule has 1 atom stereocenters. The molecule has 0 heterocycles. The summed E-state index contributed by atoms with van der Waals surface area (Å²) in [6, 6.07) is 2.70. The van der Waals surface area contributed by atoms with Crippen LogP contribution in [0.2, 0.25) is 0 Å². The summed E-state index contributed by atoms with van der Waals surface area (Å²) in [4.78, 5) is 10.5. The van der Waals surface area contributed by atoms with Gasteiger partial charge in [0.25, 0.3) is 0 Å².